The predicted octanol–water partition coefficient (Wildman–Crippen LogP) is 4.18. The van der Waals surface area contributed by atoms with Gasteiger partial charge in [-0.2, -0.15) is 4.99 Å². The summed E-state index contributed by atoms with van der Waals surface area (Å²) in [5.74, 6) is 0. The molecule has 1 heterocycles. The number of hydrogen-bond donors (Lipinski definition) is 1. The van der Waals surface area contributed by atoms with Gasteiger partial charge < -0.3 is 10.1 Å². The van der Waals surface area contributed by atoms with Gasteiger partial charge in [0.25, 0.3) is 11.7 Å². The van der Waals surface area contributed by atoms with Crippen molar-refractivity contribution in [1.29, 1.82) is 0 Å². The molecule has 0 saturated heterocycles. The maximum absolute atomic E-state index is 10.7. The van der Waals surface area contributed by atoms with Gasteiger partial charge in [0.1, 0.15) is 6.10 Å². The van der Waals surface area contributed by atoms with Gasteiger partial charge >= 0.3 is 0 Å². The number of fused-ring (bicyclic) bond motifs is 1. The molecule has 0 fully saturated rings. The van der Waals surface area contributed by atoms with Gasteiger partial charge in [0, 0.05) is 23.4 Å². The Morgan fingerprint density at radius 1 is 1.23 bits per heavy atom. The van der Waals surface area contributed by atoms with Crippen LogP contribution in [-0.4, -0.2) is 10.9 Å². The zero-order valence-electron chi connectivity index (χ0n) is 12.0. The molecule has 2 aromatic rings. The summed E-state index contributed by atoms with van der Waals surface area (Å²) in [7, 11) is 0. The molecule has 0 aromatic heterocycles. The van der Waals surface area contributed by atoms with Crippen LogP contribution in [0.5, 0.6) is 0 Å². The molecule has 0 aliphatic carbocycles. The highest BCUT2D eigenvalue weighted by atomic mass is 16.6. The summed E-state index contributed by atoms with van der Waals surface area (Å²) in [6, 6.07) is 14.4. The molecule has 1 aliphatic heterocycles. The highest BCUT2D eigenvalue weighted by Crippen LogP contribution is 2.34. The first-order valence-corrected chi connectivity index (χ1v) is 7.03. The topological polar surface area (TPSA) is 76.8 Å². The van der Waals surface area contributed by atoms with Gasteiger partial charge in [-0.15, -0.1) is 0 Å². The van der Waals surface area contributed by atoms with E-state index in [1.807, 2.05) is 24.3 Å². The molecule has 0 unspecified atom stereocenters. The van der Waals surface area contributed by atoms with Crippen molar-refractivity contribution in [2.24, 2.45) is 4.99 Å². The van der Waals surface area contributed by atoms with Gasteiger partial charge in [0.2, 0.25) is 0 Å². The summed E-state index contributed by atoms with van der Waals surface area (Å²) >= 11 is 0. The summed E-state index contributed by atoms with van der Waals surface area (Å²) in [6.45, 7) is 2.05. The average Bonchev–Trinajstić information content (AvgIpc) is 2.54. The van der Waals surface area contributed by atoms with Crippen LogP contribution >= 0.6 is 0 Å². The highest BCUT2D eigenvalue weighted by Gasteiger charge is 2.22. The third-order valence-corrected chi connectivity index (χ3v) is 3.46. The van der Waals surface area contributed by atoms with E-state index in [-0.39, 0.29) is 11.8 Å². The fraction of sp³-hybridized carbons (Fsp3) is 0.188. The number of para-hydroxylation sites is 1. The van der Waals surface area contributed by atoms with Crippen LogP contribution in [0.3, 0.4) is 0 Å². The molecular weight excluding hydrogens is 282 g/mol. The van der Waals surface area contributed by atoms with Crippen LogP contribution in [0.25, 0.3) is 0 Å². The second kappa shape index (κ2) is 5.85. The Balaban J connectivity index is 1.84. The third-order valence-electron chi connectivity index (χ3n) is 3.46. The van der Waals surface area contributed by atoms with Crippen molar-refractivity contribution in [1.82, 2.24) is 0 Å². The van der Waals surface area contributed by atoms with Gasteiger partial charge in [-0.05, 0) is 24.6 Å². The van der Waals surface area contributed by atoms with Crippen molar-refractivity contribution in [2.45, 2.75) is 19.4 Å². The zero-order valence-corrected chi connectivity index (χ0v) is 12.0. The lowest BCUT2D eigenvalue weighted by atomic mass is 10.0. The van der Waals surface area contributed by atoms with Gasteiger partial charge in [-0.3, -0.25) is 10.1 Å². The predicted molar refractivity (Wildman–Crippen MR) is 84.4 cm³/mol. The minimum absolute atomic E-state index is 0.0470. The number of nitro groups is 1. The Labute approximate surface area is 127 Å². The van der Waals surface area contributed by atoms with E-state index < -0.39 is 4.92 Å². The summed E-state index contributed by atoms with van der Waals surface area (Å²) < 4.78 is 5.85. The number of hydrogen-bond acceptors (Lipinski definition) is 5. The number of anilines is 1. The van der Waals surface area contributed by atoms with Crippen molar-refractivity contribution in [3.8, 4) is 0 Å². The fourth-order valence-electron chi connectivity index (χ4n) is 2.35. The number of ether oxygens (including phenoxy) is 1. The van der Waals surface area contributed by atoms with Crippen LogP contribution < -0.4 is 5.32 Å². The smallest absolute Gasteiger partial charge is 0.295 e. The number of nitro benzene ring substituents is 1. The number of non-ortho nitro benzene ring substituents is 1. The van der Waals surface area contributed by atoms with E-state index >= 15 is 0 Å². The normalized spacial score (nSPS) is 16.2. The van der Waals surface area contributed by atoms with Gasteiger partial charge in [-0.1, -0.05) is 25.1 Å². The Morgan fingerprint density at radius 3 is 2.64 bits per heavy atom. The highest BCUT2D eigenvalue weighted by molar-refractivity contribution is 5.92. The van der Waals surface area contributed by atoms with Crippen LogP contribution in [-0.2, 0) is 4.74 Å². The lowest BCUT2D eigenvalue weighted by Gasteiger charge is -2.25. The molecule has 0 amide bonds. The third kappa shape index (κ3) is 2.76. The number of nitrogens with one attached hydrogen (secondary N) is 1. The van der Waals surface area contributed by atoms with Gasteiger partial charge in [-0.25, -0.2) is 0 Å². The molecule has 112 valence electrons. The van der Waals surface area contributed by atoms with Crippen molar-refractivity contribution in [3.63, 3.8) is 0 Å². The molecule has 1 aliphatic rings. The van der Waals surface area contributed by atoms with Crippen LogP contribution in [0.4, 0.5) is 17.1 Å². The van der Waals surface area contributed by atoms with Crippen molar-refractivity contribution in [2.75, 3.05) is 5.32 Å². The molecule has 1 N–H and O–H groups in total. The molecule has 0 bridgehead atoms. The lowest BCUT2D eigenvalue weighted by molar-refractivity contribution is -0.384. The molecule has 3 rings (SSSR count). The maximum atomic E-state index is 10.7. The Bertz CT molecular complexity index is 726. The Morgan fingerprint density at radius 2 is 1.95 bits per heavy atom. The minimum Gasteiger partial charge on any atom is -0.457 e. The first kappa shape index (κ1) is 14.1. The van der Waals surface area contributed by atoms with Gasteiger partial charge in [0.05, 0.1) is 10.6 Å². The van der Waals surface area contributed by atoms with Gasteiger partial charge in [0.15, 0.2) is 0 Å². The SMILES string of the molecule is CC[C@@H]1OC(Nc2ccc([N+](=O)[O-])cc2)=Nc2ccccc21. The molecule has 0 radical (unpaired) electrons. The molecule has 6 heteroatoms. The second-order valence-corrected chi connectivity index (χ2v) is 4.92. The first-order valence-electron chi connectivity index (χ1n) is 7.03. The molecule has 0 saturated carbocycles. The molecule has 6 nitrogen and oxygen atoms in total. The quantitative estimate of drug-likeness (QED) is 0.681. The van der Waals surface area contributed by atoms with E-state index in [0.29, 0.717) is 11.7 Å². The molecule has 2 aromatic carbocycles. The van der Waals surface area contributed by atoms with E-state index in [2.05, 4.69) is 17.2 Å². The second-order valence-electron chi connectivity index (χ2n) is 4.92. The Hall–Kier alpha value is -2.89. The number of rotatable bonds is 3. The van der Waals surface area contributed by atoms with Crippen molar-refractivity contribution < 1.29 is 9.66 Å². The monoisotopic (exact) mass is 297 g/mol. The average molecular weight is 297 g/mol. The number of nitrogens with zero attached hydrogens (tertiary/aromatic N) is 2. The van der Waals surface area contributed by atoms with E-state index in [4.69, 9.17) is 4.74 Å². The van der Waals surface area contributed by atoms with Crippen LogP contribution in [0, 0.1) is 10.1 Å². The maximum Gasteiger partial charge on any atom is 0.295 e. The van der Waals surface area contributed by atoms with Crippen molar-refractivity contribution in [3.05, 3.63) is 64.2 Å². The molecule has 0 spiro atoms. The Kier molecular flexibility index (Phi) is 3.74. The number of benzene rings is 2. The summed E-state index contributed by atoms with van der Waals surface area (Å²) in [5, 5.41) is 13.7. The lowest BCUT2D eigenvalue weighted by Crippen LogP contribution is -2.22. The van der Waals surface area contributed by atoms with Crippen LogP contribution in [0.2, 0.25) is 0 Å². The summed E-state index contributed by atoms with van der Waals surface area (Å²) in [6.07, 6.45) is 0.784. The largest absolute Gasteiger partial charge is 0.457 e. The standard InChI is InChI=1S/C16H15N3O3/c1-2-15-13-5-3-4-6-14(13)18-16(22-15)17-11-7-9-12(10-8-11)19(20)21/h3-10,15H,2H2,1H3,(H,17,18)/t15-/m0/s1. The number of amidine groups is 1. The van der Waals surface area contributed by atoms with Crippen molar-refractivity contribution >= 4 is 23.1 Å². The van der Waals surface area contributed by atoms with E-state index in [9.17, 15) is 10.1 Å². The van der Waals surface area contributed by atoms with Crippen LogP contribution in [0.1, 0.15) is 25.0 Å². The first-order chi connectivity index (χ1) is 10.7. The molecule has 22 heavy (non-hydrogen) atoms. The zero-order chi connectivity index (χ0) is 15.5. The summed E-state index contributed by atoms with van der Waals surface area (Å²) in [5.41, 5.74) is 2.69. The fourth-order valence-corrected chi connectivity index (χ4v) is 2.35. The minimum atomic E-state index is -0.429. The van der Waals surface area contributed by atoms with E-state index in [1.54, 1.807) is 12.1 Å². The molecular formula is C16H15N3O3. The van der Waals surface area contributed by atoms with E-state index in [1.165, 1.54) is 12.1 Å². The number of aliphatic imine (C=N–C) groups is 1. The van der Waals surface area contributed by atoms with Crippen LogP contribution in [0.15, 0.2) is 53.5 Å². The molecule has 1 atom stereocenters. The van der Waals surface area contributed by atoms with E-state index in [0.717, 1.165) is 17.7 Å². The summed E-state index contributed by atoms with van der Waals surface area (Å²) in [4.78, 5) is 14.7.